The lowest BCUT2D eigenvalue weighted by atomic mass is 10.1. The molecule has 0 saturated carbocycles. The molecular weight excluding hydrogens is 773 g/mol. The van der Waals surface area contributed by atoms with Crippen LogP contribution in [0.15, 0.2) is 57.4 Å². The number of fused-ring (bicyclic) bond motifs is 6. The first kappa shape index (κ1) is 39.4. The number of amides is 2. The van der Waals surface area contributed by atoms with Crippen LogP contribution < -0.4 is 32.7 Å². The minimum absolute atomic E-state index is 0.123. The largest absolute Gasteiger partial charge is 0.462 e. The van der Waals surface area contributed by atoms with E-state index in [1.54, 1.807) is 45.3 Å². The van der Waals surface area contributed by atoms with Crippen molar-refractivity contribution >= 4 is 73.9 Å². The van der Waals surface area contributed by atoms with Crippen LogP contribution in [-0.2, 0) is 25.7 Å². The zero-order valence-corrected chi connectivity index (χ0v) is 33.3. The fourth-order valence-corrected chi connectivity index (χ4v) is 6.84. The summed E-state index contributed by atoms with van der Waals surface area (Å²) < 4.78 is 17.4. The number of pyridine rings is 2. The van der Waals surface area contributed by atoms with Crippen LogP contribution in [-0.4, -0.2) is 83.9 Å². The number of aromatic amines is 2. The molecule has 0 spiro atoms. The average Bonchev–Trinajstić information content (AvgIpc) is 4.03. The van der Waals surface area contributed by atoms with Crippen LogP contribution >= 0.6 is 0 Å². The Balaban J connectivity index is 0.820. The van der Waals surface area contributed by atoms with Crippen molar-refractivity contribution in [2.24, 2.45) is 11.5 Å². The number of oxazole rings is 2. The molecule has 6 aromatic heterocycles. The van der Waals surface area contributed by atoms with Crippen LogP contribution in [0.5, 0.6) is 0 Å². The second-order valence-corrected chi connectivity index (χ2v) is 14.3. The maximum absolute atomic E-state index is 12.9. The van der Waals surface area contributed by atoms with Gasteiger partial charge in [-0.2, -0.15) is 9.97 Å². The lowest BCUT2D eigenvalue weighted by Crippen LogP contribution is -2.42. The van der Waals surface area contributed by atoms with E-state index < -0.39 is 42.5 Å². The Morgan fingerprint density at radius 1 is 0.750 bits per heavy atom. The predicted molar refractivity (Wildman–Crippen MR) is 222 cm³/mol. The van der Waals surface area contributed by atoms with Gasteiger partial charge in [0.05, 0.1) is 18.9 Å². The number of ether oxygens (including phenoxy) is 1. The van der Waals surface area contributed by atoms with Gasteiger partial charge in [-0.25, -0.2) is 19.9 Å². The van der Waals surface area contributed by atoms with Crippen molar-refractivity contribution in [3.8, 4) is 22.9 Å². The maximum Gasteiger partial charge on any atom is 0.308 e. The van der Waals surface area contributed by atoms with Gasteiger partial charge in [0.25, 0.3) is 11.4 Å². The van der Waals surface area contributed by atoms with Gasteiger partial charge in [0.2, 0.25) is 23.6 Å². The summed E-state index contributed by atoms with van der Waals surface area (Å²) in [4.78, 5) is 72.4. The number of aromatic nitrogens is 8. The van der Waals surface area contributed by atoms with Crippen LogP contribution in [0.1, 0.15) is 48.7 Å². The number of benzene rings is 2. The molecule has 20 nitrogen and oxygen atoms in total. The van der Waals surface area contributed by atoms with Crippen molar-refractivity contribution in [3.05, 3.63) is 71.3 Å². The first-order valence-electron chi connectivity index (χ1n) is 19.0. The quantitative estimate of drug-likeness (QED) is 0.0569. The number of rotatable bonds is 14. The summed E-state index contributed by atoms with van der Waals surface area (Å²) in [5.41, 5.74) is 19.4. The highest BCUT2D eigenvalue weighted by Gasteiger charge is 2.24. The zero-order valence-electron chi connectivity index (χ0n) is 33.3. The van der Waals surface area contributed by atoms with Gasteiger partial charge >= 0.3 is 5.97 Å². The van der Waals surface area contributed by atoms with E-state index in [-0.39, 0.29) is 13.0 Å². The fraction of sp³-hybridized carbons (Fsp3) is 0.275. The highest BCUT2D eigenvalue weighted by atomic mass is 16.5. The number of carbonyl (C=O) groups is 3. The van der Waals surface area contributed by atoms with E-state index in [2.05, 4.69) is 61.1 Å². The lowest BCUT2D eigenvalue weighted by Gasteiger charge is -2.18. The van der Waals surface area contributed by atoms with Crippen LogP contribution in [0.25, 0.3) is 67.4 Å². The average molecular weight is 815 g/mol. The van der Waals surface area contributed by atoms with E-state index in [0.29, 0.717) is 79.4 Å². The Hall–Kier alpha value is -7.45. The minimum atomic E-state index is -1.19. The summed E-state index contributed by atoms with van der Waals surface area (Å²) >= 11 is 0. The van der Waals surface area contributed by atoms with Gasteiger partial charge in [-0.1, -0.05) is 24.3 Å². The molecule has 2 amide bonds. The van der Waals surface area contributed by atoms with Crippen molar-refractivity contribution in [1.82, 2.24) is 50.5 Å². The first-order chi connectivity index (χ1) is 28.9. The van der Waals surface area contributed by atoms with E-state index in [1.165, 1.54) is 0 Å². The zero-order chi connectivity index (χ0) is 42.2. The second kappa shape index (κ2) is 16.1. The molecule has 0 saturated heterocycles. The lowest BCUT2D eigenvalue weighted by molar-refractivity contribution is -0.151. The van der Waals surface area contributed by atoms with E-state index in [1.807, 2.05) is 38.1 Å². The van der Waals surface area contributed by atoms with E-state index in [4.69, 9.17) is 25.0 Å². The Morgan fingerprint density at radius 3 is 1.90 bits per heavy atom. The summed E-state index contributed by atoms with van der Waals surface area (Å²) in [6.45, 7) is 5.38. The van der Waals surface area contributed by atoms with E-state index >= 15 is 0 Å². The summed E-state index contributed by atoms with van der Waals surface area (Å²) in [5, 5.41) is 11.6. The number of esters is 1. The molecule has 0 bridgehead atoms. The molecule has 8 aromatic rings. The third-order valence-electron chi connectivity index (χ3n) is 9.66. The number of aryl methyl sites for hydroxylation is 2. The van der Waals surface area contributed by atoms with Crippen molar-refractivity contribution in [1.29, 1.82) is 0 Å². The van der Waals surface area contributed by atoms with Crippen LogP contribution in [0, 0.1) is 13.8 Å². The summed E-state index contributed by atoms with van der Waals surface area (Å²) in [5.74, 6) is 1.49. The van der Waals surface area contributed by atoms with Crippen molar-refractivity contribution in [2.45, 2.75) is 58.5 Å². The minimum Gasteiger partial charge on any atom is -0.462 e. The molecule has 3 atom stereocenters. The molecule has 0 aliphatic carbocycles. The molecule has 0 aliphatic heterocycles. The van der Waals surface area contributed by atoms with Gasteiger partial charge in [0.1, 0.15) is 46.0 Å². The number of nitrogens with zero attached hydrogens (tertiary/aromatic N) is 6. The Morgan fingerprint density at radius 2 is 1.32 bits per heavy atom. The number of imidazole rings is 2. The number of hydrogen-bond donors (Lipinski definition) is 8. The first-order valence-corrected chi connectivity index (χ1v) is 19.0. The van der Waals surface area contributed by atoms with Gasteiger partial charge in [0, 0.05) is 31.8 Å². The molecular formula is C40H42N14O6. The third kappa shape index (κ3) is 7.87. The van der Waals surface area contributed by atoms with Gasteiger partial charge < -0.3 is 56.3 Å². The Kier molecular flexibility index (Phi) is 10.5. The normalized spacial score (nSPS) is 13.1. The third-order valence-corrected chi connectivity index (χ3v) is 9.66. The molecule has 6 heterocycles. The Bertz CT molecular complexity index is 2930. The van der Waals surface area contributed by atoms with Crippen molar-refractivity contribution in [2.75, 3.05) is 24.7 Å². The molecule has 0 fully saturated rings. The summed E-state index contributed by atoms with van der Waals surface area (Å²) in [6, 6.07) is 13.2. The SMILES string of the molecule is CNc1nc2oc(-c3cccc(CNC(=O)[C@H](N)CC(=O)O[C@H](C)CC(=O)N[C@H](N)c4cccc(-c5nc6c(nc(NC)c7[nH]c(C)nc76)o5)c4)c3)nc2c2nc(C)[nH]c12. The van der Waals surface area contributed by atoms with Crippen molar-refractivity contribution < 1.29 is 28.0 Å². The standard InChI is InChI=1S/C40H42N14O6/c1-17(12-25(55)50-33(42)21-9-7-11-23(14-21)38-52-32-28-30(49-19(3)47-28)35(44-5)54-40(32)60-38)58-26(56)15-24(41)36(57)45-16-20-8-6-10-22(13-20)37-51-31-27-29(48-18(2)46-27)34(43-4)53-39(31)59-37/h6-11,13-14,17,24,33H,12,15-16,41-42H2,1-5H3,(H,43,53)(H,44,54)(H,45,57)(H,46,48)(H,47,49)(H,50,55)/t17-,24-,33+/m1/s1. The number of nitrogens with one attached hydrogen (secondary N) is 6. The molecule has 60 heavy (non-hydrogen) atoms. The molecule has 308 valence electrons. The predicted octanol–water partition coefficient (Wildman–Crippen LogP) is 3.97. The second-order valence-electron chi connectivity index (χ2n) is 14.3. The number of H-pyrrole nitrogens is 2. The van der Waals surface area contributed by atoms with Crippen LogP contribution in [0.3, 0.4) is 0 Å². The smallest absolute Gasteiger partial charge is 0.308 e. The number of hydrogen-bond acceptors (Lipinski definition) is 16. The van der Waals surface area contributed by atoms with Gasteiger partial charge in [-0.15, -0.1) is 0 Å². The maximum atomic E-state index is 12.9. The van der Waals surface area contributed by atoms with Gasteiger partial charge in [0.15, 0.2) is 22.7 Å². The number of carbonyl (C=O) groups excluding carboxylic acids is 3. The Labute approximate surface area is 340 Å². The molecule has 10 N–H and O–H groups in total. The number of anilines is 2. The summed E-state index contributed by atoms with van der Waals surface area (Å²) in [6.07, 6.45) is -2.30. The molecule has 0 aliphatic rings. The van der Waals surface area contributed by atoms with E-state index in [0.717, 1.165) is 22.4 Å². The molecule has 8 rings (SSSR count). The van der Waals surface area contributed by atoms with Gasteiger partial charge in [-0.05, 0) is 56.2 Å². The van der Waals surface area contributed by atoms with E-state index in [9.17, 15) is 14.4 Å². The van der Waals surface area contributed by atoms with Crippen LogP contribution in [0.4, 0.5) is 11.6 Å². The molecule has 0 unspecified atom stereocenters. The highest BCUT2D eigenvalue weighted by Crippen LogP contribution is 2.33. The topological polar surface area (TPSA) is 296 Å². The number of nitrogens with two attached hydrogens (primary N) is 2. The molecule has 0 radical (unpaired) electrons. The highest BCUT2D eigenvalue weighted by molar-refractivity contribution is 6.04. The molecule has 2 aromatic carbocycles. The van der Waals surface area contributed by atoms with Crippen LogP contribution in [0.2, 0.25) is 0 Å². The monoisotopic (exact) mass is 814 g/mol. The fourth-order valence-electron chi connectivity index (χ4n) is 6.84. The summed E-state index contributed by atoms with van der Waals surface area (Å²) in [7, 11) is 3.52. The van der Waals surface area contributed by atoms with Gasteiger partial charge in [-0.3, -0.25) is 14.4 Å². The van der Waals surface area contributed by atoms with Crippen molar-refractivity contribution in [3.63, 3.8) is 0 Å². The molecule has 20 heteroatoms.